The molecule has 33 heavy (non-hydrogen) atoms. The second-order valence-electron chi connectivity index (χ2n) is 9.08. The van der Waals surface area contributed by atoms with Crippen LogP contribution in [0.3, 0.4) is 0 Å². The van der Waals surface area contributed by atoms with Crippen LogP contribution in [0.5, 0.6) is 0 Å². The van der Waals surface area contributed by atoms with Gasteiger partial charge in [0.15, 0.2) is 0 Å². The number of rotatable bonds is 26. The second kappa shape index (κ2) is 27.3. The Bertz CT molecular complexity index is 465. The summed E-state index contributed by atoms with van der Waals surface area (Å²) in [6, 6.07) is 0. The van der Waals surface area contributed by atoms with Gasteiger partial charge in [-0.3, -0.25) is 9.59 Å². The zero-order valence-electron chi connectivity index (χ0n) is 21.5. The van der Waals surface area contributed by atoms with E-state index in [1.807, 2.05) is 11.8 Å². The fourth-order valence-electron chi connectivity index (χ4n) is 3.66. The van der Waals surface area contributed by atoms with Gasteiger partial charge in [0.05, 0.1) is 6.61 Å². The molecule has 0 radical (unpaired) electrons. The molecule has 0 aliphatic rings. The third-order valence-corrected chi connectivity index (χ3v) is 6.92. The van der Waals surface area contributed by atoms with Gasteiger partial charge in [-0.05, 0) is 69.3 Å². The van der Waals surface area contributed by atoms with E-state index in [4.69, 9.17) is 9.84 Å². The van der Waals surface area contributed by atoms with E-state index in [9.17, 15) is 9.59 Å². The predicted molar refractivity (Wildman–Crippen MR) is 143 cm³/mol. The summed E-state index contributed by atoms with van der Waals surface area (Å²) in [6.45, 7) is 2.84. The van der Waals surface area contributed by atoms with Crippen LogP contribution in [0.25, 0.3) is 0 Å². The third-order valence-electron chi connectivity index (χ3n) is 5.77. The predicted octanol–water partition coefficient (Wildman–Crippen LogP) is 8.73. The third kappa shape index (κ3) is 29.0. The van der Waals surface area contributed by atoms with Gasteiger partial charge >= 0.3 is 11.9 Å². The van der Waals surface area contributed by atoms with Crippen molar-refractivity contribution in [3.05, 3.63) is 12.2 Å². The topological polar surface area (TPSA) is 63.6 Å². The number of hydrogen-bond acceptors (Lipinski definition) is 4. The van der Waals surface area contributed by atoms with Crippen LogP contribution in [-0.4, -0.2) is 35.2 Å². The zero-order chi connectivity index (χ0) is 24.2. The highest BCUT2D eigenvalue weighted by Gasteiger charge is 2.03. The van der Waals surface area contributed by atoms with Gasteiger partial charge in [-0.2, -0.15) is 11.8 Å². The summed E-state index contributed by atoms with van der Waals surface area (Å²) in [5.41, 5.74) is 0. The normalized spacial score (nSPS) is 11.3. The average molecular weight is 485 g/mol. The lowest BCUT2D eigenvalue weighted by atomic mass is 10.1. The van der Waals surface area contributed by atoms with Crippen molar-refractivity contribution < 1.29 is 19.4 Å². The Hall–Kier alpha value is -0.970. The van der Waals surface area contributed by atoms with Gasteiger partial charge in [-0.15, -0.1) is 0 Å². The van der Waals surface area contributed by atoms with Crippen LogP contribution in [-0.2, 0) is 14.3 Å². The number of allylic oxidation sites excluding steroid dienone is 2. The number of thioether (sulfide) groups is 1. The first-order valence-electron chi connectivity index (χ1n) is 13.8. The molecule has 0 saturated heterocycles. The lowest BCUT2D eigenvalue weighted by Gasteiger charge is -2.05. The molecule has 0 aromatic carbocycles. The molecule has 0 heterocycles. The van der Waals surface area contributed by atoms with Crippen molar-refractivity contribution in [1.82, 2.24) is 0 Å². The second-order valence-corrected chi connectivity index (χ2v) is 10.3. The largest absolute Gasteiger partial charge is 0.481 e. The SMILES string of the molecule is CCCCCCCC/C=C\CCCCCCCCOC(=O)CCCCSCCCCC(=O)O. The standard InChI is InChI=1S/C28H52O4S/c1-2-3-4-5-6-7-8-9-10-11-12-13-14-15-16-19-24-32-28(31)23-18-21-26-33-25-20-17-22-27(29)30/h9-10H,2-8,11-26H2,1H3,(H,29,30)/b10-9-. The zero-order valence-corrected chi connectivity index (χ0v) is 22.3. The van der Waals surface area contributed by atoms with Crippen molar-refractivity contribution in [3.8, 4) is 0 Å². The number of carboxylic acid groups (broad SMARTS) is 1. The van der Waals surface area contributed by atoms with Crippen LogP contribution < -0.4 is 0 Å². The number of ether oxygens (including phenoxy) is 1. The molecular weight excluding hydrogens is 432 g/mol. The molecule has 0 aliphatic heterocycles. The maximum atomic E-state index is 11.8. The lowest BCUT2D eigenvalue weighted by Crippen LogP contribution is -2.05. The number of esters is 1. The number of unbranched alkanes of at least 4 members (excludes halogenated alkanes) is 14. The molecule has 0 rings (SSSR count). The monoisotopic (exact) mass is 484 g/mol. The molecular formula is C28H52O4S. The van der Waals surface area contributed by atoms with E-state index in [1.54, 1.807) is 0 Å². The van der Waals surface area contributed by atoms with Crippen molar-refractivity contribution >= 4 is 23.7 Å². The molecule has 0 aliphatic carbocycles. The molecule has 0 fully saturated rings. The highest BCUT2D eigenvalue weighted by Crippen LogP contribution is 2.12. The summed E-state index contributed by atoms with van der Waals surface area (Å²) in [4.78, 5) is 22.2. The minimum atomic E-state index is -0.712. The van der Waals surface area contributed by atoms with E-state index < -0.39 is 5.97 Å². The van der Waals surface area contributed by atoms with Gasteiger partial charge in [-0.1, -0.05) is 76.9 Å². The molecule has 4 nitrogen and oxygen atoms in total. The minimum Gasteiger partial charge on any atom is -0.481 e. The Morgan fingerprint density at radius 3 is 1.76 bits per heavy atom. The fourth-order valence-corrected chi connectivity index (χ4v) is 4.68. The fraction of sp³-hybridized carbons (Fsp3) is 0.857. The van der Waals surface area contributed by atoms with Crippen LogP contribution >= 0.6 is 11.8 Å². The number of carboxylic acids is 1. The van der Waals surface area contributed by atoms with E-state index in [1.165, 1.54) is 77.0 Å². The number of hydrogen-bond donors (Lipinski definition) is 1. The molecule has 0 atom stereocenters. The Morgan fingerprint density at radius 1 is 0.667 bits per heavy atom. The highest BCUT2D eigenvalue weighted by molar-refractivity contribution is 7.99. The first-order chi connectivity index (χ1) is 16.2. The summed E-state index contributed by atoms with van der Waals surface area (Å²) in [5, 5.41) is 8.58. The van der Waals surface area contributed by atoms with E-state index in [0.717, 1.165) is 50.0 Å². The average Bonchev–Trinajstić information content (AvgIpc) is 2.79. The van der Waals surface area contributed by atoms with Gasteiger partial charge in [0.25, 0.3) is 0 Å². The molecule has 0 spiro atoms. The van der Waals surface area contributed by atoms with Crippen molar-refractivity contribution in [3.63, 3.8) is 0 Å². The quantitative estimate of drug-likeness (QED) is 0.0755. The Balaban J connectivity index is 3.21. The maximum absolute atomic E-state index is 11.8. The van der Waals surface area contributed by atoms with Crippen LogP contribution in [0.2, 0.25) is 0 Å². The first kappa shape index (κ1) is 32.0. The molecule has 0 amide bonds. The van der Waals surface area contributed by atoms with Crippen molar-refractivity contribution in [2.45, 2.75) is 135 Å². The summed E-state index contributed by atoms with van der Waals surface area (Å²) >= 11 is 1.85. The van der Waals surface area contributed by atoms with E-state index >= 15 is 0 Å². The molecule has 0 aromatic rings. The summed E-state index contributed by atoms with van der Waals surface area (Å²) in [5.74, 6) is 1.27. The highest BCUT2D eigenvalue weighted by atomic mass is 32.2. The summed E-state index contributed by atoms with van der Waals surface area (Å²) < 4.78 is 5.33. The summed E-state index contributed by atoms with van der Waals surface area (Å²) in [6.07, 6.45) is 27.1. The van der Waals surface area contributed by atoms with E-state index in [0.29, 0.717) is 13.0 Å². The van der Waals surface area contributed by atoms with E-state index in [-0.39, 0.29) is 12.4 Å². The van der Waals surface area contributed by atoms with Crippen molar-refractivity contribution in [2.24, 2.45) is 0 Å². The number of carbonyl (C=O) groups is 2. The molecule has 0 saturated carbocycles. The summed E-state index contributed by atoms with van der Waals surface area (Å²) in [7, 11) is 0. The molecule has 5 heteroatoms. The van der Waals surface area contributed by atoms with Gasteiger partial charge in [0.1, 0.15) is 0 Å². The van der Waals surface area contributed by atoms with Gasteiger partial charge in [0, 0.05) is 12.8 Å². The molecule has 194 valence electrons. The lowest BCUT2D eigenvalue weighted by molar-refractivity contribution is -0.144. The van der Waals surface area contributed by atoms with Gasteiger partial charge in [-0.25, -0.2) is 0 Å². The smallest absolute Gasteiger partial charge is 0.305 e. The number of aliphatic carboxylic acids is 1. The molecule has 0 bridgehead atoms. The Morgan fingerprint density at radius 2 is 1.18 bits per heavy atom. The van der Waals surface area contributed by atoms with Gasteiger partial charge < -0.3 is 9.84 Å². The van der Waals surface area contributed by atoms with Crippen LogP contribution in [0, 0.1) is 0 Å². The van der Waals surface area contributed by atoms with Crippen molar-refractivity contribution in [2.75, 3.05) is 18.1 Å². The molecule has 1 N–H and O–H groups in total. The minimum absolute atomic E-state index is 0.0609. The Labute approximate surface area is 208 Å². The van der Waals surface area contributed by atoms with Gasteiger partial charge in [0.2, 0.25) is 0 Å². The number of carbonyl (C=O) groups excluding carboxylic acids is 1. The van der Waals surface area contributed by atoms with Crippen LogP contribution in [0.4, 0.5) is 0 Å². The van der Waals surface area contributed by atoms with Crippen LogP contribution in [0.15, 0.2) is 12.2 Å². The van der Waals surface area contributed by atoms with Crippen molar-refractivity contribution in [1.29, 1.82) is 0 Å². The molecule has 0 aromatic heterocycles. The first-order valence-corrected chi connectivity index (χ1v) is 14.9. The molecule has 0 unspecified atom stereocenters. The maximum Gasteiger partial charge on any atom is 0.305 e. The van der Waals surface area contributed by atoms with Crippen LogP contribution in [0.1, 0.15) is 135 Å². The van der Waals surface area contributed by atoms with E-state index in [2.05, 4.69) is 19.1 Å². The Kier molecular flexibility index (Phi) is 26.5.